The summed E-state index contributed by atoms with van der Waals surface area (Å²) in [6.45, 7) is 28.3. The fraction of sp³-hybridized carbons (Fsp3) is 0.436. The highest BCUT2D eigenvalue weighted by Gasteiger charge is 2.48. The van der Waals surface area contributed by atoms with Gasteiger partial charge in [-0.05, 0) is 91.1 Å². The highest BCUT2D eigenvalue weighted by molar-refractivity contribution is 7.91. The first-order valence-electron chi connectivity index (χ1n) is 16.4. The summed E-state index contributed by atoms with van der Waals surface area (Å²) in [6, 6.07) is 32.3. The fourth-order valence-corrected chi connectivity index (χ4v) is 11.4. The zero-order chi connectivity index (χ0) is 33.1. The molecule has 0 aromatic heterocycles. The molecule has 1 aliphatic rings. The van der Waals surface area contributed by atoms with Gasteiger partial charge in [-0.1, -0.05) is 114 Å². The van der Waals surface area contributed by atoms with Gasteiger partial charge in [0.1, 0.15) is 22.5 Å². The molecule has 3 nitrogen and oxygen atoms in total. The van der Waals surface area contributed by atoms with Crippen molar-refractivity contribution in [2.24, 2.45) is 0 Å². The average molecular weight is 660 g/mol. The zero-order valence-electron chi connectivity index (χ0n) is 29.4. The maximum atomic E-state index is 7.25. The third-order valence-corrected chi connectivity index (χ3v) is 22.8. The van der Waals surface area contributed by atoms with Gasteiger partial charge in [-0.2, -0.15) is 0 Å². The van der Waals surface area contributed by atoms with E-state index in [-0.39, 0.29) is 22.3 Å². The number of hydrogen-bond acceptors (Lipinski definition) is 3. The van der Waals surface area contributed by atoms with E-state index in [0.717, 1.165) is 18.4 Å². The average Bonchev–Trinajstić information content (AvgIpc) is 2.97. The van der Waals surface area contributed by atoms with E-state index in [2.05, 4.69) is 171 Å². The van der Waals surface area contributed by atoms with E-state index < -0.39 is 24.1 Å². The molecule has 3 aromatic carbocycles. The maximum Gasteiger partial charge on any atom is 0.242 e. The van der Waals surface area contributed by atoms with E-state index in [1.54, 1.807) is 0 Å². The molecule has 0 saturated heterocycles. The predicted molar refractivity (Wildman–Crippen MR) is 202 cm³/mol. The Kier molecular flexibility index (Phi) is 11.1. The monoisotopic (exact) mass is 659 g/mol. The van der Waals surface area contributed by atoms with Crippen molar-refractivity contribution in [2.75, 3.05) is 6.61 Å². The lowest BCUT2D eigenvalue weighted by Crippen LogP contribution is -2.49. The van der Waals surface area contributed by atoms with E-state index in [1.165, 1.54) is 21.5 Å². The molecular formula is C39H56O3PSi2+. The van der Waals surface area contributed by atoms with Crippen LogP contribution in [0.5, 0.6) is 0 Å². The zero-order valence-corrected chi connectivity index (χ0v) is 32.3. The van der Waals surface area contributed by atoms with Crippen LogP contribution in [-0.2, 0) is 13.4 Å². The van der Waals surface area contributed by atoms with Gasteiger partial charge in [0, 0.05) is 0 Å². The summed E-state index contributed by atoms with van der Waals surface area (Å²) in [5, 5.41) is 3.88. The van der Waals surface area contributed by atoms with Crippen molar-refractivity contribution in [3.8, 4) is 0 Å². The van der Waals surface area contributed by atoms with Crippen LogP contribution in [0.15, 0.2) is 115 Å². The van der Waals surface area contributed by atoms with Crippen molar-refractivity contribution in [1.82, 2.24) is 0 Å². The van der Waals surface area contributed by atoms with E-state index in [4.69, 9.17) is 13.4 Å². The van der Waals surface area contributed by atoms with Crippen LogP contribution in [0.25, 0.3) is 0 Å². The summed E-state index contributed by atoms with van der Waals surface area (Å²) in [5.74, 6) is 0. The molecule has 4 rings (SSSR count). The van der Waals surface area contributed by atoms with Crippen molar-refractivity contribution in [2.45, 2.75) is 103 Å². The molecule has 0 bridgehead atoms. The van der Waals surface area contributed by atoms with E-state index >= 15 is 0 Å². The molecule has 3 aromatic rings. The number of rotatable bonds is 10. The SMILES string of the molecule is C=C1[C@@H](O[Si](C)(C)C(C)(C)C)CC(=CCO[P+](c2ccccc2)(c2ccccc2)c2ccccc2)C[C@H]1O[Si](C)(C)C(C)(C)C. The first kappa shape index (κ1) is 35.7. The minimum Gasteiger partial charge on any atom is -0.410 e. The first-order chi connectivity index (χ1) is 21.0. The lowest BCUT2D eigenvalue weighted by atomic mass is 9.86. The van der Waals surface area contributed by atoms with Crippen LogP contribution < -0.4 is 15.9 Å². The van der Waals surface area contributed by atoms with E-state index in [1.807, 2.05) is 0 Å². The van der Waals surface area contributed by atoms with Crippen LogP contribution in [0.2, 0.25) is 36.3 Å². The van der Waals surface area contributed by atoms with Gasteiger partial charge >= 0.3 is 0 Å². The van der Waals surface area contributed by atoms with Crippen LogP contribution >= 0.6 is 7.49 Å². The van der Waals surface area contributed by atoms with Crippen molar-refractivity contribution >= 4 is 40.0 Å². The van der Waals surface area contributed by atoms with Gasteiger partial charge in [0.25, 0.3) is 0 Å². The Balaban J connectivity index is 1.72. The Labute approximate surface area is 276 Å². The molecule has 242 valence electrons. The molecule has 1 saturated carbocycles. The molecule has 0 spiro atoms. The van der Waals surface area contributed by atoms with Crippen molar-refractivity contribution in [3.05, 3.63) is 115 Å². The minimum atomic E-state index is -2.39. The van der Waals surface area contributed by atoms with E-state index in [0.29, 0.717) is 6.61 Å². The minimum absolute atomic E-state index is 0.0578. The Morgan fingerprint density at radius 1 is 0.644 bits per heavy atom. The maximum absolute atomic E-state index is 7.25. The van der Waals surface area contributed by atoms with Crippen LogP contribution in [0.3, 0.4) is 0 Å². The van der Waals surface area contributed by atoms with Gasteiger partial charge in [-0.25, -0.2) is 4.52 Å². The molecule has 2 atom stereocenters. The highest BCUT2D eigenvalue weighted by Crippen LogP contribution is 2.56. The van der Waals surface area contributed by atoms with Gasteiger partial charge in [0.05, 0.1) is 12.2 Å². The summed E-state index contributed by atoms with van der Waals surface area (Å²) >= 11 is 0. The lowest BCUT2D eigenvalue weighted by molar-refractivity contribution is 0.132. The highest BCUT2D eigenvalue weighted by atomic mass is 31.2. The van der Waals surface area contributed by atoms with Gasteiger partial charge in [-0.3, -0.25) is 0 Å². The summed E-state index contributed by atoms with van der Waals surface area (Å²) < 4.78 is 21.4. The fourth-order valence-electron chi connectivity index (χ4n) is 5.35. The molecule has 6 heteroatoms. The van der Waals surface area contributed by atoms with Gasteiger partial charge in [0.2, 0.25) is 7.49 Å². The Bertz CT molecular complexity index is 1300. The first-order valence-corrected chi connectivity index (χ1v) is 23.9. The molecule has 0 N–H and O–H groups in total. The molecule has 0 heterocycles. The second-order valence-electron chi connectivity index (χ2n) is 15.5. The Hall–Kier alpha value is -2.12. The molecule has 1 fully saturated rings. The van der Waals surface area contributed by atoms with Crippen LogP contribution in [-0.4, -0.2) is 35.4 Å². The molecule has 0 amide bonds. The standard InChI is InChI=1S/C39H56O3PSi2/c1-31-36(41-44(8,9)38(2,3)4)29-32(30-37(31)42-45(10,11)39(5,6)7)27-28-40-43(33-21-15-12-16-22-33,34-23-17-13-18-24-34)35-25-19-14-20-26-35/h12-27,36-37H,1,28-30H2,2-11H3/q+1/t36-,37+. The summed E-state index contributed by atoms with van der Waals surface area (Å²) in [4.78, 5) is 0. The second kappa shape index (κ2) is 13.9. The summed E-state index contributed by atoms with van der Waals surface area (Å²) in [7, 11) is -6.47. The number of hydrogen-bond donors (Lipinski definition) is 0. The van der Waals surface area contributed by atoms with Crippen molar-refractivity contribution in [3.63, 3.8) is 0 Å². The lowest BCUT2D eigenvalue weighted by Gasteiger charge is -2.46. The summed E-state index contributed by atoms with van der Waals surface area (Å²) in [5.41, 5.74) is 2.43. The van der Waals surface area contributed by atoms with Gasteiger partial charge in [-0.15, -0.1) is 0 Å². The molecule has 0 unspecified atom stereocenters. The van der Waals surface area contributed by atoms with Crippen molar-refractivity contribution < 1.29 is 13.4 Å². The molecule has 0 radical (unpaired) electrons. The third kappa shape index (κ3) is 8.07. The number of benzene rings is 3. The molecule has 1 aliphatic carbocycles. The quantitative estimate of drug-likeness (QED) is 0.123. The predicted octanol–water partition coefficient (Wildman–Crippen LogP) is 9.97. The Morgan fingerprint density at radius 3 is 1.29 bits per heavy atom. The molecule has 45 heavy (non-hydrogen) atoms. The Morgan fingerprint density at radius 2 is 0.978 bits per heavy atom. The third-order valence-electron chi connectivity index (χ3n) is 10.2. The smallest absolute Gasteiger partial charge is 0.242 e. The normalized spacial score (nSPS) is 19.6. The summed E-state index contributed by atoms with van der Waals surface area (Å²) in [6.07, 6.45) is 3.87. The van der Waals surface area contributed by atoms with Crippen LogP contribution in [0.4, 0.5) is 0 Å². The van der Waals surface area contributed by atoms with E-state index in [9.17, 15) is 0 Å². The van der Waals surface area contributed by atoms with Crippen molar-refractivity contribution in [1.29, 1.82) is 0 Å². The van der Waals surface area contributed by atoms with Gasteiger partial charge < -0.3 is 8.85 Å². The van der Waals surface area contributed by atoms with Crippen LogP contribution in [0, 0.1) is 0 Å². The second-order valence-corrected chi connectivity index (χ2v) is 28.0. The van der Waals surface area contributed by atoms with Crippen LogP contribution in [0.1, 0.15) is 54.4 Å². The molecular weight excluding hydrogens is 604 g/mol. The largest absolute Gasteiger partial charge is 0.410 e. The van der Waals surface area contributed by atoms with Gasteiger partial charge in [0.15, 0.2) is 16.6 Å². The topological polar surface area (TPSA) is 27.7 Å². The molecule has 0 aliphatic heterocycles.